The highest BCUT2D eigenvalue weighted by Gasteiger charge is 2.29. The molecule has 0 aliphatic heterocycles. The van der Waals surface area contributed by atoms with E-state index < -0.39 is 60.3 Å². The number of nitrogens with zero attached hydrogens (tertiary/aromatic N) is 1. The molecule has 3 aromatic rings. The first-order chi connectivity index (χ1) is 22.9. The zero-order chi connectivity index (χ0) is 35.1. The minimum atomic E-state index is -1.15. The third kappa shape index (κ3) is 12.1. The zero-order valence-electron chi connectivity index (χ0n) is 26.9. The number of alkyl carbamates (subject to hydrolysis) is 1. The number of carbonyl (C=O) groups excluding carboxylic acids is 6. The summed E-state index contributed by atoms with van der Waals surface area (Å²) < 4.78 is 5.27. The summed E-state index contributed by atoms with van der Waals surface area (Å²) in [5, 5.41) is 17.2. The van der Waals surface area contributed by atoms with E-state index in [2.05, 4.69) is 26.8 Å². The number of phenols is 1. The number of phenolic OH excluding ortho intramolecular Hbond substituents is 1. The molecule has 254 valence electrons. The molecule has 0 saturated carbocycles. The summed E-state index contributed by atoms with van der Waals surface area (Å²) in [6.45, 7) is 2.11. The number of carbonyl (C=O) groups is 6. The van der Waals surface area contributed by atoms with Crippen LogP contribution in [0.2, 0.25) is 0 Å². The molecule has 0 saturated heterocycles. The molecule has 3 rings (SSSR count). The third-order valence-electron chi connectivity index (χ3n) is 7.16. The SMILES string of the molecule is CC(=O)NNC(=O)[C@H](Cc1ccccc1)N(C)C(=O)CNC(=O)[C@@H](C)NC(=O)[C@H](Cc1ccc(O)cc1)NC(=O)OCc1ccccc1. The normalized spacial score (nSPS) is 12.3. The van der Waals surface area contributed by atoms with Gasteiger partial charge in [0.15, 0.2) is 0 Å². The second-order valence-electron chi connectivity index (χ2n) is 11.0. The van der Waals surface area contributed by atoms with Crippen molar-refractivity contribution >= 4 is 35.6 Å². The van der Waals surface area contributed by atoms with Crippen LogP contribution in [0.5, 0.6) is 5.75 Å². The molecule has 48 heavy (non-hydrogen) atoms. The maximum atomic E-state index is 13.3. The Labute approximate surface area is 278 Å². The second-order valence-corrected chi connectivity index (χ2v) is 11.0. The summed E-state index contributed by atoms with van der Waals surface area (Å²) in [5.41, 5.74) is 6.63. The lowest BCUT2D eigenvalue weighted by atomic mass is 10.0. The fourth-order valence-corrected chi connectivity index (χ4v) is 4.45. The van der Waals surface area contributed by atoms with Crippen molar-refractivity contribution in [1.29, 1.82) is 0 Å². The molecule has 0 unspecified atom stereocenters. The van der Waals surface area contributed by atoms with Gasteiger partial charge in [0.25, 0.3) is 5.91 Å². The van der Waals surface area contributed by atoms with Gasteiger partial charge >= 0.3 is 6.09 Å². The zero-order valence-corrected chi connectivity index (χ0v) is 26.9. The monoisotopic (exact) mass is 660 g/mol. The van der Waals surface area contributed by atoms with Crippen LogP contribution in [0.15, 0.2) is 84.9 Å². The molecule has 0 fully saturated rings. The molecule has 0 radical (unpaired) electrons. The maximum Gasteiger partial charge on any atom is 0.408 e. The lowest BCUT2D eigenvalue weighted by Gasteiger charge is -2.28. The van der Waals surface area contributed by atoms with E-state index in [1.165, 1.54) is 33.0 Å². The highest BCUT2D eigenvalue weighted by atomic mass is 16.5. The number of likely N-dealkylation sites (N-methyl/N-ethyl adjacent to an activating group) is 1. The van der Waals surface area contributed by atoms with Gasteiger partial charge in [-0.3, -0.25) is 34.8 Å². The van der Waals surface area contributed by atoms with Gasteiger partial charge in [-0.1, -0.05) is 72.8 Å². The number of amides is 6. The lowest BCUT2D eigenvalue weighted by Crippen LogP contribution is -2.56. The number of ether oxygens (including phenoxy) is 1. The fraction of sp³-hybridized carbons (Fsp3) is 0.294. The summed E-state index contributed by atoms with van der Waals surface area (Å²) in [7, 11) is 1.40. The Hall–Kier alpha value is -5.92. The van der Waals surface area contributed by atoms with Crippen molar-refractivity contribution in [2.45, 2.75) is 51.4 Å². The van der Waals surface area contributed by atoms with Crippen LogP contribution in [0.4, 0.5) is 4.79 Å². The van der Waals surface area contributed by atoms with Crippen LogP contribution in [-0.4, -0.2) is 77.4 Å². The molecule has 14 heteroatoms. The number of hydrazine groups is 1. The number of aromatic hydroxyl groups is 1. The molecular weight excluding hydrogens is 620 g/mol. The Morgan fingerprint density at radius 2 is 1.31 bits per heavy atom. The van der Waals surface area contributed by atoms with Gasteiger partial charge < -0.3 is 30.7 Å². The van der Waals surface area contributed by atoms with Gasteiger partial charge in [0, 0.05) is 26.8 Å². The van der Waals surface area contributed by atoms with Gasteiger partial charge in [-0.2, -0.15) is 0 Å². The number of rotatable bonds is 14. The summed E-state index contributed by atoms with van der Waals surface area (Å²) in [6.07, 6.45) is -0.692. The van der Waals surface area contributed by atoms with Crippen molar-refractivity contribution in [1.82, 2.24) is 31.7 Å². The fourth-order valence-electron chi connectivity index (χ4n) is 4.45. The van der Waals surface area contributed by atoms with Crippen LogP contribution in [0, 0.1) is 0 Å². The lowest BCUT2D eigenvalue weighted by molar-refractivity contribution is -0.140. The van der Waals surface area contributed by atoms with E-state index in [-0.39, 0.29) is 25.2 Å². The number of benzene rings is 3. The standard InChI is InChI=1S/C34H40N6O8/c1-22(31(44)35-20-30(43)40(3)29(33(46)39-38-23(2)41)19-24-10-6-4-7-11-24)36-32(45)28(18-25-14-16-27(42)17-15-25)37-34(47)48-21-26-12-8-5-9-13-26/h4-17,22,28-29,42H,18-21H2,1-3H3,(H,35,44)(H,36,45)(H,37,47)(H,38,41)(H,39,46)/t22-,28+,29+/m1/s1. The van der Waals surface area contributed by atoms with E-state index in [0.29, 0.717) is 5.56 Å². The van der Waals surface area contributed by atoms with Crippen molar-refractivity contribution in [2.24, 2.45) is 0 Å². The van der Waals surface area contributed by atoms with Crippen molar-refractivity contribution in [3.63, 3.8) is 0 Å². The number of hydrogen-bond acceptors (Lipinski definition) is 8. The largest absolute Gasteiger partial charge is 0.508 e. The van der Waals surface area contributed by atoms with E-state index >= 15 is 0 Å². The summed E-state index contributed by atoms with van der Waals surface area (Å²) in [6, 6.07) is 20.7. The molecule has 0 aliphatic carbocycles. The van der Waals surface area contributed by atoms with E-state index in [4.69, 9.17) is 4.74 Å². The van der Waals surface area contributed by atoms with Crippen LogP contribution in [0.25, 0.3) is 0 Å². The van der Waals surface area contributed by atoms with Gasteiger partial charge in [0.1, 0.15) is 30.5 Å². The van der Waals surface area contributed by atoms with Crippen LogP contribution >= 0.6 is 0 Å². The maximum absolute atomic E-state index is 13.3. The number of nitrogens with one attached hydrogen (secondary N) is 5. The van der Waals surface area contributed by atoms with Crippen molar-refractivity contribution < 1.29 is 38.6 Å². The van der Waals surface area contributed by atoms with Crippen molar-refractivity contribution in [3.8, 4) is 5.75 Å². The molecule has 14 nitrogen and oxygen atoms in total. The first-order valence-electron chi connectivity index (χ1n) is 15.1. The van der Waals surface area contributed by atoms with Gasteiger partial charge in [-0.25, -0.2) is 4.79 Å². The van der Waals surface area contributed by atoms with E-state index in [0.717, 1.165) is 16.0 Å². The van der Waals surface area contributed by atoms with Crippen LogP contribution in [0.3, 0.4) is 0 Å². The highest BCUT2D eigenvalue weighted by molar-refractivity contribution is 5.94. The van der Waals surface area contributed by atoms with Crippen molar-refractivity contribution in [2.75, 3.05) is 13.6 Å². The molecular formula is C34H40N6O8. The summed E-state index contributed by atoms with van der Waals surface area (Å²) >= 11 is 0. The molecule has 0 aromatic heterocycles. The van der Waals surface area contributed by atoms with Gasteiger partial charge in [-0.15, -0.1) is 0 Å². The molecule has 0 heterocycles. The Balaban J connectivity index is 1.60. The molecule has 0 spiro atoms. The first kappa shape index (κ1) is 36.5. The molecule has 0 bridgehead atoms. The van der Waals surface area contributed by atoms with Crippen molar-refractivity contribution in [3.05, 3.63) is 102 Å². The molecule has 3 atom stereocenters. The molecule has 3 aromatic carbocycles. The second kappa shape index (κ2) is 18.3. The summed E-state index contributed by atoms with van der Waals surface area (Å²) in [5.74, 6) is -3.09. The Morgan fingerprint density at radius 1 is 0.729 bits per heavy atom. The first-order valence-corrected chi connectivity index (χ1v) is 15.1. The van der Waals surface area contributed by atoms with E-state index in [1.54, 1.807) is 60.7 Å². The van der Waals surface area contributed by atoms with Gasteiger partial charge in [0.2, 0.25) is 23.6 Å². The minimum absolute atomic E-state index is 0.0214. The van der Waals surface area contributed by atoms with Crippen LogP contribution < -0.4 is 26.8 Å². The third-order valence-corrected chi connectivity index (χ3v) is 7.16. The predicted octanol–water partition coefficient (Wildman–Crippen LogP) is 1.09. The van der Waals surface area contributed by atoms with Gasteiger partial charge in [-0.05, 0) is 35.7 Å². The average Bonchev–Trinajstić information content (AvgIpc) is 3.08. The van der Waals surface area contributed by atoms with Gasteiger partial charge in [0.05, 0.1) is 6.54 Å². The van der Waals surface area contributed by atoms with E-state index in [1.807, 2.05) is 12.1 Å². The molecule has 6 amide bonds. The smallest absolute Gasteiger partial charge is 0.408 e. The topological polar surface area (TPSA) is 195 Å². The minimum Gasteiger partial charge on any atom is -0.508 e. The highest BCUT2D eigenvalue weighted by Crippen LogP contribution is 2.12. The number of hydrogen-bond donors (Lipinski definition) is 6. The predicted molar refractivity (Wildman–Crippen MR) is 175 cm³/mol. The van der Waals surface area contributed by atoms with Crippen LogP contribution in [0.1, 0.15) is 30.5 Å². The average molecular weight is 661 g/mol. The molecule has 6 N–H and O–H groups in total. The van der Waals surface area contributed by atoms with Crippen LogP contribution in [-0.2, 0) is 48.2 Å². The Bertz CT molecular complexity index is 1550. The molecule has 0 aliphatic rings. The Morgan fingerprint density at radius 3 is 1.92 bits per heavy atom. The van der Waals surface area contributed by atoms with E-state index in [9.17, 15) is 33.9 Å². The summed E-state index contributed by atoms with van der Waals surface area (Å²) in [4.78, 5) is 77.2. The quantitative estimate of drug-likeness (QED) is 0.138. The Kier molecular flexibility index (Phi) is 13.9.